The van der Waals surface area contributed by atoms with Crippen LogP contribution in [0.2, 0.25) is 0 Å². The van der Waals surface area contributed by atoms with Gasteiger partial charge in [0.2, 0.25) is 6.41 Å². The van der Waals surface area contributed by atoms with Gasteiger partial charge in [0.05, 0.1) is 22.4 Å². The largest absolute Gasteiger partial charge is 0.351 e. The number of ether oxygens (including phenoxy) is 1. The molecule has 1 heterocycles. The normalized spacial score (nSPS) is 18.7. The van der Waals surface area contributed by atoms with Gasteiger partial charge < -0.3 is 15.2 Å². The molecule has 0 radical (unpaired) electrons. The number of aryl methyl sites for hydroxylation is 1. The second-order valence-electron chi connectivity index (χ2n) is 9.75. The number of benzene rings is 2. The van der Waals surface area contributed by atoms with Crippen LogP contribution in [0.15, 0.2) is 59.1 Å². The van der Waals surface area contributed by atoms with E-state index in [4.69, 9.17) is 16.3 Å². The quantitative estimate of drug-likeness (QED) is 0.316. The van der Waals surface area contributed by atoms with Crippen LogP contribution in [0.25, 0.3) is 21.6 Å². The fourth-order valence-electron chi connectivity index (χ4n) is 4.68. The summed E-state index contributed by atoms with van der Waals surface area (Å²) in [5.74, 6) is 0. The van der Waals surface area contributed by atoms with E-state index in [2.05, 4.69) is 65.1 Å². The molecule has 3 aromatic rings. The third kappa shape index (κ3) is 4.80. The number of halogens is 1. The lowest BCUT2D eigenvalue weighted by Crippen LogP contribution is -2.28. The van der Waals surface area contributed by atoms with E-state index in [0.717, 1.165) is 51.7 Å². The second-order valence-corrected chi connectivity index (χ2v) is 11.0. The van der Waals surface area contributed by atoms with Crippen molar-refractivity contribution in [2.45, 2.75) is 70.8 Å². The fourth-order valence-corrected chi connectivity index (χ4v) is 5.92. The van der Waals surface area contributed by atoms with Crippen molar-refractivity contribution >= 4 is 28.8 Å². The van der Waals surface area contributed by atoms with Crippen LogP contribution >= 0.6 is 23.1 Å². The number of hydrogen-bond acceptors (Lipinski definition) is 5. The van der Waals surface area contributed by atoms with E-state index in [-0.39, 0.29) is 6.10 Å². The lowest BCUT2D eigenvalue weighted by atomic mass is 9.95. The molecule has 0 amide bonds. The zero-order chi connectivity index (χ0) is 23.9. The zero-order valence-electron chi connectivity index (χ0n) is 19.9. The number of aliphatic hydroxyl groups is 1. The predicted molar refractivity (Wildman–Crippen MR) is 141 cm³/mol. The van der Waals surface area contributed by atoms with Crippen molar-refractivity contribution in [1.82, 2.24) is 4.37 Å². The molecule has 2 unspecified atom stereocenters. The van der Waals surface area contributed by atoms with Crippen molar-refractivity contribution in [2.24, 2.45) is 0 Å². The Bertz CT molecular complexity index is 1200. The van der Waals surface area contributed by atoms with E-state index in [1.54, 1.807) is 0 Å². The molecule has 2 N–H and O–H groups in total. The molecule has 1 saturated carbocycles. The van der Waals surface area contributed by atoms with Crippen LogP contribution in [0.5, 0.6) is 0 Å². The summed E-state index contributed by atoms with van der Waals surface area (Å²) < 4.78 is 10.3. The summed E-state index contributed by atoms with van der Waals surface area (Å²) in [6.45, 7) is 6.21. The van der Waals surface area contributed by atoms with Gasteiger partial charge in [-0.25, -0.2) is 0 Å². The summed E-state index contributed by atoms with van der Waals surface area (Å²) in [6, 6.07) is 17.5. The van der Waals surface area contributed by atoms with Crippen LogP contribution in [-0.4, -0.2) is 22.0 Å². The summed E-state index contributed by atoms with van der Waals surface area (Å²) in [5.41, 5.74) is 8.00. The smallest absolute Gasteiger partial charge is 0.236 e. The van der Waals surface area contributed by atoms with Gasteiger partial charge in [-0.15, -0.1) is 0 Å². The molecular weight excluding hydrogens is 464 g/mol. The van der Waals surface area contributed by atoms with Crippen molar-refractivity contribution in [1.29, 1.82) is 0 Å². The van der Waals surface area contributed by atoms with Gasteiger partial charge in [0, 0.05) is 5.03 Å². The molecule has 2 aliphatic carbocycles. The fraction of sp³-hybridized carbons (Fsp3) is 0.393. The number of anilines is 1. The molecule has 34 heavy (non-hydrogen) atoms. The van der Waals surface area contributed by atoms with Crippen molar-refractivity contribution in [2.75, 3.05) is 5.32 Å². The molecule has 0 spiro atoms. The molecule has 2 aliphatic rings. The summed E-state index contributed by atoms with van der Waals surface area (Å²) in [7, 11) is 0. The maximum Gasteiger partial charge on any atom is 0.236 e. The van der Waals surface area contributed by atoms with Crippen LogP contribution in [0, 0.1) is 6.92 Å². The lowest BCUT2D eigenvalue weighted by molar-refractivity contribution is -0.101. The highest BCUT2D eigenvalue weighted by atomic mass is 35.5. The Hall–Kier alpha value is -2.18. The highest BCUT2D eigenvalue weighted by molar-refractivity contribution is 7.10. The number of nitrogens with one attached hydrogen (secondary N) is 1. The van der Waals surface area contributed by atoms with Gasteiger partial charge in [-0.3, -0.25) is 0 Å². The van der Waals surface area contributed by atoms with E-state index in [1.807, 2.05) is 13.8 Å². The molecule has 2 aromatic carbocycles. The standard InChI is InChI=1S/C28H31ClN2O2S/c1-17-25(30-27(32)33-18(2)23-5-4-6-24(23)29)26(34-31-17)21-9-7-19(8-10-21)20-11-13-22(14-12-20)28(3)15-16-28/h7-14,18,27,30,32H,4-6,15-16H2,1-3H3. The average molecular weight is 495 g/mol. The number of nitrogens with zero attached hydrogens (tertiary/aromatic N) is 1. The van der Waals surface area contributed by atoms with Gasteiger partial charge >= 0.3 is 0 Å². The number of rotatable bonds is 8. The van der Waals surface area contributed by atoms with Gasteiger partial charge in [-0.2, -0.15) is 4.37 Å². The van der Waals surface area contributed by atoms with E-state index < -0.39 is 6.41 Å². The van der Waals surface area contributed by atoms with Crippen LogP contribution in [-0.2, 0) is 10.2 Å². The molecule has 1 fully saturated rings. The highest BCUT2D eigenvalue weighted by Crippen LogP contribution is 2.47. The first-order chi connectivity index (χ1) is 16.3. The number of aliphatic hydroxyl groups excluding tert-OH is 1. The molecule has 0 bridgehead atoms. The summed E-state index contributed by atoms with van der Waals surface area (Å²) in [4.78, 5) is 0.981. The van der Waals surface area contributed by atoms with Crippen LogP contribution in [0.1, 0.15) is 57.2 Å². The van der Waals surface area contributed by atoms with Gasteiger partial charge in [0.15, 0.2) is 0 Å². The lowest BCUT2D eigenvalue weighted by Gasteiger charge is -2.21. The Kier molecular flexibility index (Phi) is 6.56. The summed E-state index contributed by atoms with van der Waals surface area (Å²) in [5, 5.41) is 14.6. The Balaban J connectivity index is 1.29. The first kappa shape index (κ1) is 23.6. The van der Waals surface area contributed by atoms with Crippen molar-refractivity contribution < 1.29 is 9.84 Å². The van der Waals surface area contributed by atoms with E-state index in [1.165, 1.54) is 41.1 Å². The van der Waals surface area contributed by atoms with Crippen molar-refractivity contribution in [3.63, 3.8) is 0 Å². The molecular formula is C28H31ClN2O2S. The Morgan fingerprint density at radius 2 is 1.65 bits per heavy atom. The van der Waals surface area contributed by atoms with Gasteiger partial charge in [-0.1, -0.05) is 67.1 Å². The first-order valence-electron chi connectivity index (χ1n) is 12.0. The summed E-state index contributed by atoms with van der Waals surface area (Å²) in [6.07, 6.45) is 4.05. The minimum atomic E-state index is -1.15. The topological polar surface area (TPSA) is 54.4 Å². The third-order valence-electron chi connectivity index (χ3n) is 7.21. The average Bonchev–Trinajstić information content (AvgIpc) is 3.27. The van der Waals surface area contributed by atoms with Crippen LogP contribution in [0.4, 0.5) is 5.69 Å². The Morgan fingerprint density at radius 1 is 1.03 bits per heavy atom. The molecule has 5 rings (SSSR count). The monoisotopic (exact) mass is 494 g/mol. The highest BCUT2D eigenvalue weighted by Gasteiger charge is 2.38. The van der Waals surface area contributed by atoms with E-state index in [0.29, 0.717) is 5.41 Å². The maximum atomic E-state index is 10.6. The van der Waals surface area contributed by atoms with E-state index in [9.17, 15) is 5.11 Å². The minimum absolute atomic E-state index is 0.235. The number of hydrogen-bond donors (Lipinski definition) is 2. The Morgan fingerprint density at radius 3 is 2.24 bits per heavy atom. The molecule has 0 saturated heterocycles. The first-order valence-corrected chi connectivity index (χ1v) is 13.1. The predicted octanol–water partition coefficient (Wildman–Crippen LogP) is 7.61. The second kappa shape index (κ2) is 9.46. The minimum Gasteiger partial charge on any atom is -0.351 e. The molecule has 0 aliphatic heterocycles. The van der Waals surface area contributed by atoms with Gasteiger partial charge in [0.1, 0.15) is 0 Å². The van der Waals surface area contributed by atoms with E-state index >= 15 is 0 Å². The van der Waals surface area contributed by atoms with Crippen molar-refractivity contribution in [3.05, 3.63) is 70.4 Å². The molecule has 6 heteroatoms. The molecule has 1 aromatic heterocycles. The molecule has 178 valence electrons. The number of aromatic nitrogens is 1. The molecule has 4 nitrogen and oxygen atoms in total. The van der Waals surface area contributed by atoms with Crippen LogP contribution in [0.3, 0.4) is 0 Å². The van der Waals surface area contributed by atoms with Gasteiger partial charge in [0.25, 0.3) is 0 Å². The SMILES string of the molecule is Cc1nsc(-c2ccc(-c3ccc(C4(C)CC4)cc3)cc2)c1NC(O)OC(C)C1=C(Cl)CCC1. The number of allylic oxidation sites excluding steroid dienone is 1. The maximum absolute atomic E-state index is 10.6. The van der Waals surface area contributed by atoms with Gasteiger partial charge in [-0.05, 0) is 90.7 Å². The van der Waals surface area contributed by atoms with Crippen LogP contribution < -0.4 is 5.32 Å². The zero-order valence-corrected chi connectivity index (χ0v) is 21.5. The Labute approximate surface area is 210 Å². The molecule has 2 atom stereocenters. The third-order valence-corrected chi connectivity index (χ3v) is 8.63. The van der Waals surface area contributed by atoms with Crippen molar-refractivity contribution in [3.8, 4) is 21.6 Å². The summed E-state index contributed by atoms with van der Waals surface area (Å²) >= 11 is 7.73.